The SMILES string of the molecule is CC(C)(C)/C(N)=C/C=C(\N)N1CCNC2(CC2)C1. The van der Waals surface area contributed by atoms with E-state index in [0.717, 1.165) is 31.2 Å². The van der Waals surface area contributed by atoms with Gasteiger partial charge in [-0.3, -0.25) is 0 Å². The molecule has 2 rings (SSSR count). The smallest absolute Gasteiger partial charge is 0.0988 e. The van der Waals surface area contributed by atoms with Crippen molar-refractivity contribution in [2.45, 2.75) is 39.2 Å². The normalized spacial score (nSPS) is 24.5. The molecule has 2 aliphatic rings. The molecule has 0 aromatic heterocycles. The van der Waals surface area contributed by atoms with E-state index in [1.165, 1.54) is 12.8 Å². The van der Waals surface area contributed by atoms with E-state index in [1.807, 2.05) is 12.2 Å². The number of nitrogens with two attached hydrogens (primary N) is 2. The predicted octanol–water partition coefficient (Wildman–Crippen LogP) is 1.11. The van der Waals surface area contributed by atoms with Crippen LogP contribution in [0.3, 0.4) is 0 Å². The lowest BCUT2D eigenvalue weighted by Crippen LogP contribution is -2.52. The lowest BCUT2D eigenvalue weighted by atomic mass is 9.92. The summed E-state index contributed by atoms with van der Waals surface area (Å²) in [6.45, 7) is 9.34. The van der Waals surface area contributed by atoms with Gasteiger partial charge >= 0.3 is 0 Å². The van der Waals surface area contributed by atoms with Crippen LogP contribution >= 0.6 is 0 Å². The van der Waals surface area contributed by atoms with Crippen LogP contribution in [0.15, 0.2) is 23.7 Å². The second kappa shape index (κ2) is 4.50. The molecule has 1 aliphatic carbocycles. The molecule has 0 aromatic rings. The Morgan fingerprint density at radius 1 is 1.22 bits per heavy atom. The summed E-state index contributed by atoms with van der Waals surface area (Å²) in [5, 5.41) is 3.58. The summed E-state index contributed by atoms with van der Waals surface area (Å²) in [7, 11) is 0. The lowest BCUT2D eigenvalue weighted by molar-refractivity contribution is 0.232. The van der Waals surface area contributed by atoms with Gasteiger partial charge in [0.2, 0.25) is 0 Å². The Bertz CT molecular complexity index is 372. The van der Waals surface area contributed by atoms with Crippen molar-refractivity contribution in [1.82, 2.24) is 10.2 Å². The Kier molecular flexibility index (Phi) is 3.32. The zero-order valence-corrected chi connectivity index (χ0v) is 11.8. The molecule has 2 fully saturated rings. The van der Waals surface area contributed by atoms with Gasteiger partial charge in [0.1, 0.15) is 0 Å². The Morgan fingerprint density at radius 3 is 2.44 bits per heavy atom. The van der Waals surface area contributed by atoms with E-state index in [-0.39, 0.29) is 5.41 Å². The van der Waals surface area contributed by atoms with E-state index in [2.05, 4.69) is 31.0 Å². The minimum Gasteiger partial charge on any atom is -0.402 e. The fourth-order valence-corrected chi connectivity index (χ4v) is 2.19. The molecule has 102 valence electrons. The molecule has 1 heterocycles. The van der Waals surface area contributed by atoms with E-state index in [9.17, 15) is 0 Å². The number of hydrogen-bond acceptors (Lipinski definition) is 4. The summed E-state index contributed by atoms with van der Waals surface area (Å²) in [5.41, 5.74) is 13.4. The molecule has 0 unspecified atom stereocenters. The van der Waals surface area contributed by atoms with Crippen LogP contribution in [0.1, 0.15) is 33.6 Å². The zero-order valence-electron chi connectivity index (χ0n) is 11.8. The molecular weight excluding hydrogens is 224 g/mol. The Morgan fingerprint density at radius 2 is 1.89 bits per heavy atom. The molecule has 0 radical (unpaired) electrons. The van der Waals surface area contributed by atoms with Crippen LogP contribution in [0.4, 0.5) is 0 Å². The van der Waals surface area contributed by atoms with Gasteiger partial charge in [0.25, 0.3) is 0 Å². The quantitative estimate of drug-likeness (QED) is 0.642. The van der Waals surface area contributed by atoms with Crippen molar-refractivity contribution in [3.8, 4) is 0 Å². The monoisotopic (exact) mass is 250 g/mol. The maximum atomic E-state index is 6.15. The van der Waals surface area contributed by atoms with Crippen LogP contribution < -0.4 is 16.8 Å². The number of piperazine rings is 1. The van der Waals surface area contributed by atoms with Crippen LogP contribution in [0, 0.1) is 5.41 Å². The van der Waals surface area contributed by atoms with Gasteiger partial charge in [-0.2, -0.15) is 0 Å². The summed E-state index contributed by atoms with van der Waals surface area (Å²) in [4.78, 5) is 2.26. The molecular formula is C14H26N4. The molecule has 5 N–H and O–H groups in total. The molecule has 4 nitrogen and oxygen atoms in total. The third kappa shape index (κ3) is 2.99. The van der Waals surface area contributed by atoms with Gasteiger partial charge in [-0.25, -0.2) is 0 Å². The molecule has 0 atom stereocenters. The van der Waals surface area contributed by atoms with E-state index in [1.54, 1.807) is 0 Å². The largest absolute Gasteiger partial charge is 0.402 e. The van der Waals surface area contributed by atoms with Crippen LogP contribution in [-0.2, 0) is 0 Å². The number of rotatable bonds is 2. The van der Waals surface area contributed by atoms with Crippen LogP contribution in [0.2, 0.25) is 0 Å². The van der Waals surface area contributed by atoms with Gasteiger partial charge in [0.05, 0.1) is 5.82 Å². The first-order chi connectivity index (χ1) is 8.32. The molecule has 18 heavy (non-hydrogen) atoms. The summed E-state index contributed by atoms with van der Waals surface area (Å²) < 4.78 is 0. The second-order valence-corrected chi connectivity index (χ2v) is 6.59. The predicted molar refractivity (Wildman–Crippen MR) is 75.5 cm³/mol. The Hall–Kier alpha value is -1.16. The molecule has 1 saturated carbocycles. The van der Waals surface area contributed by atoms with Crippen molar-refractivity contribution in [2.24, 2.45) is 16.9 Å². The third-order valence-electron chi connectivity index (χ3n) is 3.89. The maximum absolute atomic E-state index is 6.15. The summed E-state index contributed by atoms with van der Waals surface area (Å²) in [6.07, 6.45) is 6.44. The summed E-state index contributed by atoms with van der Waals surface area (Å²) in [6, 6.07) is 0. The highest BCUT2D eigenvalue weighted by Gasteiger charge is 2.45. The fraction of sp³-hybridized carbons (Fsp3) is 0.714. The highest BCUT2D eigenvalue weighted by atomic mass is 15.3. The average Bonchev–Trinajstić information content (AvgIpc) is 3.03. The minimum absolute atomic E-state index is 0.00203. The van der Waals surface area contributed by atoms with Crippen molar-refractivity contribution in [2.75, 3.05) is 19.6 Å². The number of nitrogens with one attached hydrogen (secondary N) is 1. The van der Waals surface area contributed by atoms with Gasteiger partial charge in [0.15, 0.2) is 0 Å². The number of hydrogen-bond donors (Lipinski definition) is 3. The molecule has 0 bridgehead atoms. The van der Waals surface area contributed by atoms with Gasteiger partial charge < -0.3 is 21.7 Å². The Balaban J connectivity index is 2.00. The standard InChI is InChI=1S/C14H26N4/c1-13(2,3)11(15)4-5-12(16)18-9-8-17-14(10-18)6-7-14/h4-5,17H,6-10,15-16H2,1-3H3/b11-4-,12-5+. The number of nitrogens with zero attached hydrogens (tertiary/aromatic N) is 1. The van der Waals surface area contributed by atoms with Crippen molar-refractivity contribution < 1.29 is 0 Å². The van der Waals surface area contributed by atoms with Crippen molar-refractivity contribution in [1.29, 1.82) is 0 Å². The summed E-state index contributed by atoms with van der Waals surface area (Å²) >= 11 is 0. The maximum Gasteiger partial charge on any atom is 0.0988 e. The van der Waals surface area contributed by atoms with Gasteiger partial charge in [-0.1, -0.05) is 20.8 Å². The Labute approximate surface area is 110 Å². The second-order valence-electron chi connectivity index (χ2n) is 6.59. The van der Waals surface area contributed by atoms with Gasteiger partial charge in [-0.15, -0.1) is 0 Å². The lowest BCUT2D eigenvalue weighted by Gasteiger charge is -2.35. The fourth-order valence-electron chi connectivity index (χ4n) is 2.19. The van der Waals surface area contributed by atoms with Crippen LogP contribution in [0.5, 0.6) is 0 Å². The van der Waals surface area contributed by atoms with Crippen LogP contribution in [0.25, 0.3) is 0 Å². The average molecular weight is 250 g/mol. The van der Waals surface area contributed by atoms with Crippen molar-refractivity contribution in [3.05, 3.63) is 23.7 Å². The van der Waals surface area contributed by atoms with Crippen LogP contribution in [-0.4, -0.2) is 30.1 Å². The van der Waals surface area contributed by atoms with E-state index in [0.29, 0.717) is 5.54 Å². The molecule has 4 heteroatoms. The van der Waals surface area contributed by atoms with Gasteiger partial charge in [-0.05, 0) is 25.0 Å². The first-order valence-corrected chi connectivity index (χ1v) is 6.76. The van der Waals surface area contributed by atoms with E-state index < -0.39 is 0 Å². The zero-order chi connectivity index (χ0) is 13.4. The highest BCUT2D eigenvalue weighted by Crippen LogP contribution is 2.37. The minimum atomic E-state index is -0.00203. The summed E-state index contributed by atoms with van der Waals surface area (Å²) in [5.74, 6) is 0.829. The molecule has 0 amide bonds. The topological polar surface area (TPSA) is 67.3 Å². The molecule has 1 saturated heterocycles. The highest BCUT2D eigenvalue weighted by molar-refractivity contribution is 5.19. The molecule has 0 aromatic carbocycles. The first-order valence-electron chi connectivity index (χ1n) is 6.76. The molecule has 1 aliphatic heterocycles. The first kappa shape index (κ1) is 13.3. The molecule has 1 spiro atoms. The van der Waals surface area contributed by atoms with Crippen molar-refractivity contribution in [3.63, 3.8) is 0 Å². The van der Waals surface area contributed by atoms with Crippen molar-refractivity contribution >= 4 is 0 Å². The third-order valence-corrected chi connectivity index (χ3v) is 3.89. The van der Waals surface area contributed by atoms with E-state index in [4.69, 9.17) is 11.5 Å². The van der Waals surface area contributed by atoms with E-state index >= 15 is 0 Å². The number of allylic oxidation sites excluding steroid dienone is 3. The van der Waals surface area contributed by atoms with Gasteiger partial charge in [0, 0.05) is 36.3 Å².